The third kappa shape index (κ3) is 2.13. The number of hydrogen-bond acceptors (Lipinski definition) is 2. The zero-order valence-electron chi connectivity index (χ0n) is 17.2. The lowest BCUT2D eigenvalue weighted by molar-refractivity contribution is 0.415. The summed E-state index contributed by atoms with van der Waals surface area (Å²) in [5, 5.41) is 4.84. The van der Waals surface area contributed by atoms with Gasteiger partial charge < -0.3 is 13.9 Å². The van der Waals surface area contributed by atoms with E-state index >= 15 is 0 Å². The lowest BCUT2D eigenvalue weighted by atomic mass is 9.96. The maximum Gasteiger partial charge on any atom is 0.143 e. The standard InChI is InChI=1S/C26H21N3O/c1-28-20-10-6-4-8-18(20)23-22(16-12-14-17(30-3)15-13-16)24-19-9-5-7-11-21(19)29(2)26(24)27-25(23)28/h4-15H,1-3H3. The van der Waals surface area contributed by atoms with Gasteiger partial charge in [0.15, 0.2) is 0 Å². The first-order valence-electron chi connectivity index (χ1n) is 10.1. The number of fused-ring (bicyclic) bond motifs is 6. The minimum Gasteiger partial charge on any atom is -0.497 e. The molecule has 6 rings (SSSR count). The average molecular weight is 391 g/mol. The Labute approximate surface area is 173 Å². The largest absolute Gasteiger partial charge is 0.497 e. The molecule has 3 aromatic carbocycles. The highest BCUT2D eigenvalue weighted by atomic mass is 16.5. The number of para-hydroxylation sites is 2. The van der Waals surface area contributed by atoms with E-state index in [-0.39, 0.29) is 0 Å². The van der Waals surface area contributed by atoms with E-state index in [4.69, 9.17) is 9.72 Å². The monoisotopic (exact) mass is 391 g/mol. The van der Waals surface area contributed by atoms with E-state index in [1.807, 2.05) is 12.1 Å². The molecule has 0 saturated heterocycles. The van der Waals surface area contributed by atoms with E-state index in [0.29, 0.717) is 0 Å². The lowest BCUT2D eigenvalue weighted by Gasteiger charge is -2.10. The Bertz CT molecular complexity index is 1490. The van der Waals surface area contributed by atoms with Crippen molar-refractivity contribution in [3.63, 3.8) is 0 Å². The topological polar surface area (TPSA) is 32.0 Å². The van der Waals surface area contributed by atoms with Gasteiger partial charge in [0.25, 0.3) is 0 Å². The molecule has 0 aliphatic carbocycles. The van der Waals surface area contributed by atoms with Crippen LogP contribution in [0.25, 0.3) is 55.0 Å². The smallest absolute Gasteiger partial charge is 0.143 e. The van der Waals surface area contributed by atoms with Gasteiger partial charge in [0.05, 0.1) is 18.1 Å². The molecule has 0 radical (unpaired) electrons. The summed E-state index contributed by atoms with van der Waals surface area (Å²) in [5.41, 5.74) is 6.77. The maximum atomic E-state index is 5.41. The molecule has 0 atom stereocenters. The Morgan fingerprint density at radius 3 is 1.67 bits per heavy atom. The minimum absolute atomic E-state index is 0.858. The molecule has 0 N–H and O–H groups in total. The van der Waals surface area contributed by atoms with Crippen LogP contribution in [0.2, 0.25) is 0 Å². The number of rotatable bonds is 2. The molecule has 3 heterocycles. The van der Waals surface area contributed by atoms with Crippen LogP contribution in [0.3, 0.4) is 0 Å². The molecule has 4 nitrogen and oxygen atoms in total. The summed E-state index contributed by atoms with van der Waals surface area (Å²) in [6, 6.07) is 25.5. The van der Waals surface area contributed by atoms with E-state index in [0.717, 1.165) is 17.0 Å². The van der Waals surface area contributed by atoms with Crippen LogP contribution in [0.15, 0.2) is 72.8 Å². The van der Waals surface area contributed by atoms with Gasteiger partial charge in [0.2, 0.25) is 0 Å². The first-order valence-corrected chi connectivity index (χ1v) is 10.1. The molecule has 0 bridgehead atoms. The normalized spacial score (nSPS) is 11.8. The number of methoxy groups -OCH3 is 1. The van der Waals surface area contributed by atoms with Crippen LogP contribution >= 0.6 is 0 Å². The molecule has 0 amide bonds. The van der Waals surface area contributed by atoms with Crippen LogP contribution in [-0.2, 0) is 14.1 Å². The molecule has 6 aromatic rings. The van der Waals surface area contributed by atoms with E-state index in [1.54, 1.807) is 7.11 Å². The van der Waals surface area contributed by atoms with Crippen molar-refractivity contribution in [1.82, 2.24) is 14.1 Å². The van der Waals surface area contributed by atoms with Crippen molar-refractivity contribution in [2.45, 2.75) is 0 Å². The van der Waals surface area contributed by atoms with Gasteiger partial charge in [-0.3, -0.25) is 0 Å². The Kier molecular flexibility index (Phi) is 3.48. The van der Waals surface area contributed by atoms with E-state index < -0.39 is 0 Å². The Hall–Kier alpha value is -3.79. The van der Waals surface area contributed by atoms with Gasteiger partial charge in [-0.2, -0.15) is 0 Å². The number of ether oxygens (including phenoxy) is 1. The first kappa shape index (κ1) is 17.1. The first-order chi connectivity index (χ1) is 14.7. The highest BCUT2D eigenvalue weighted by Crippen LogP contribution is 2.43. The van der Waals surface area contributed by atoms with Gasteiger partial charge in [-0.25, -0.2) is 4.98 Å². The fourth-order valence-corrected chi connectivity index (χ4v) is 4.79. The van der Waals surface area contributed by atoms with Gasteiger partial charge in [-0.15, -0.1) is 0 Å². The van der Waals surface area contributed by atoms with E-state index in [1.165, 1.54) is 43.7 Å². The zero-order valence-corrected chi connectivity index (χ0v) is 17.2. The molecular formula is C26H21N3O. The maximum absolute atomic E-state index is 5.41. The molecule has 146 valence electrons. The SMILES string of the molecule is COc1ccc(-c2c3c4ccccc4n(C)c3nc3c2c2ccccc2n3C)cc1. The number of pyridine rings is 1. The van der Waals surface area contributed by atoms with Crippen LogP contribution in [0, 0.1) is 0 Å². The van der Waals surface area contributed by atoms with Crippen molar-refractivity contribution >= 4 is 43.9 Å². The third-order valence-electron chi connectivity index (χ3n) is 6.24. The Morgan fingerprint density at radius 2 is 1.17 bits per heavy atom. The minimum atomic E-state index is 0.858. The molecule has 0 spiro atoms. The van der Waals surface area contributed by atoms with Crippen molar-refractivity contribution in [2.75, 3.05) is 7.11 Å². The van der Waals surface area contributed by atoms with Gasteiger partial charge in [0, 0.05) is 41.2 Å². The second-order valence-corrected chi connectivity index (χ2v) is 7.76. The summed E-state index contributed by atoms with van der Waals surface area (Å²) < 4.78 is 9.81. The van der Waals surface area contributed by atoms with Crippen LogP contribution in [0.4, 0.5) is 0 Å². The molecule has 30 heavy (non-hydrogen) atoms. The van der Waals surface area contributed by atoms with Crippen molar-refractivity contribution in [3.05, 3.63) is 72.8 Å². The van der Waals surface area contributed by atoms with Gasteiger partial charge in [0.1, 0.15) is 17.0 Å². The quantitative estimate of drug-likeness (QED) is 0.360. The molecule has 0 unspecified atom stereocenters. The number of nitrogens with zero attached hydrogens (tertiary/aromatic N) is 3. The summed E-state index contributed by atoms with van der Waals surface area (Å²) >= 11 is 0. The number of hydrogen-bond donors (Lipinski definition) is 0. The molecule has 0 aliphatic heterocycles. The summed E-state index contributed by atoms with van der Waals surface area (Å²) in [5.74, 6) is 0.858. The second kappa shape index (κ2) is 6.10. The summed E-state index contributed by atoms with van der Waals surface area (Å²) in [7, 11) is 5.90. The van der Waals surface area contributed by atoms with Gasteiger partial charge >= 0.3 is 0 Å². The predicted octanol–water partition coefficient (Wildman–Crippen LogP) is 6.05. The molecule has 0 saturated carbocycles. The third-order valence-corrected chi connectivity index (χ3v) is 6.24. The van der Waals surface area contributed by atoms with Crippen LogP contribution in [0.1, 0.15) is 0 Å². The molecule has 0 fully saturated rings. The molecule has 3 aromatic heterocycles. The van der Waals surface area contributed by atoms with Crippen LogP contribution in [0.5, 0.6) is 5.75 Å². The van der Waals surface area contributed by atoms with Crippen LogP contribution < -0.4 is 4.74 Å². The second-order valence-electron chi connectivity index (χ2n) is 7.76. The highest BCUT2D eigenvalue weighted by molar-refractivity contribution is 6.25. The number of aryl methyl sites for hydroxylation is 2. The van der Waals surface area contributed by atoms with Crippen molar-refractivity contribution < 1.29 is 4.74 Å². The predicted molar refractivity (Wildman–Crippen MR) is 124 cm³/mol. The summed E-state index contributed by atoms with van der Waals surface area (Å²) in [6.45, 7) is 0. The van der Waals surface area contributed by atoms with E-state index in [9.17, 15) is 0 Å². The highest BCUT2D eigenvalue weighted by Gasteiger charge is 2.22. The Balaban J connectivity index is 1.92. The molecule has 4 heteroatoms. The fourth-order valence-electron chi connectivity index (χ4n) is 4.79. The van der Waals surface area contributed by atoms with Crippen molar-refractivity contribution in [3.8, 4) is 16.9 Å². The summed E-state index contributed by atoms with van der Waals surface area (Å²) in [4.78, 5) is 5.17. The lowest BCUT2D eigenvalue weighted by Crippen LogP contribution is -1.95. The van der Waals surface area contributed by atoms with Gasteiger partial charge in [-0.05, 0) is 29.8 Å². The Morgan fingerprint density at radius 1 is 0.667 bits per heavy atom. The number of benzene rings is 3. The van der Waals surface area contributed by atoms with Crippen molar-refractivity contribution in [2.24, 2.45) is 14.1 Å². The van der Waals surface area contributed by atoms with Gasteiger partial charge in [-0.1, -0.05) is 48.5 Å². The fraction of sp³-hybridized carbons (Fsp3) is 0.115. The summed E-state index contributed by atoms with van der Waals surface area (Å²) in [6.07, 6.45) is 0. The zero-order chi connectivity index (χ0) is 20.4. The van der Waals surface area contributed by atoms with Crippen molar-refractivity contribution in [1.29, 1.82) is 0 Å². The average Bonchev–Trinajstić information content (AvgIpc) is 3.25. The number of aromatic nitrogens is 3. The van der Waals surface area contributed by atoms with Crippen LogP contribution in [-0.4, -0.2) is 21.2 Å². The van der Waals surface area contributed by atoms with E-state index in [2.05, 4.69) is 83.9 Å². The molecule has 0 aliphatic rings. The molecular weight excluding hydrogens is 370 g/mol.